The first kappa shape index (κ1) is 31.4. The zero-order chi connectivity index (χ0) is 29.4. The molecule has 0 saturated carbocycles. The average molecular weight is 609 g/mol. The van der Waals surface area contributed by atoms with Gasteiger partial charge in [0.1, 0.15) is 18.4 Å². The number of carbonyl (C=O) groups excluding carboxylic acids is 2. The van der Waals surface area contributed by atoms with E-state index in [1.54, 1.807) is 18.2 Å². The highest BCUT2D eigenvalue weighted by Gasteiger charge is 2.34. The molecule has 3 aromatic rings. The molecule has 0 aliphatic carbocycles. The zero-order valence-electron chi connectivity index (χ0n) is 22.5. The molecule has 0 aromatic heterocycles. The van der Waals surface area contributed by atoms with E-state index in [2.05, 4.69) is 5.32 Å². The van der Waals surface area contributed by atoms with Crippen molar-refractivity contribution in [1.82, 2.24) is 10.2 Å². The lowest BCUT2D eigenvalue weighted by atomic mass is 10.0. The number of nitrogens with one attached hydrogen (secondary N) is 1. The number of sulfonamides is 1. The fourth-order valence-electron chi connectivity index (χ4n) is 4.08. The van der Waals surface area contributed by atoms with Crippen LogP contribution in [0.15, 0.2) is 72.8 Å². The number of halogens is 3. The van der Waals surface area contributed by atoms with E-state index < -0.39 is 40.2 Å². The molecule has 0 bridgehead atoms. The smallest absolute Gasteiger partial charge is 0.244 e. The van der Waals surface area contributed by atoms with E-state index in [-0.39, 0.29) is 29.7 Å². The minimum atomic E-state index is -4.08. The van der Waals surface area contributed by atoms with Crippen molar-refractivity contribution in [2.24, 2.45) is 0 Å². The first-order chi connectivity index (χ1) is 18.9. The van der Waals surface area contributed by atoms with Gasteiger partial charge in [-0.2, -0.15) is 0 Å². The van der Waals surface area contributed by atoms with Crippen molar-refractivity contribution >= 4 is 50.7 Å². The van der Waals surface area contributed by atoms with E-state index in [1.807, 2.05) is 44.2 Å². The summed E-state index contributed by atoms with van der Waals surface area (Å²) in [5.41, 5.74) is 1.11. The third-order valence-electron chi connectivity index (χ3n) is 6.41. The molecule has 3 rings (SSSR count). The largest absolute Gasteiger partial charge is 0.352 e. The van der Waals surface area contributed by atoms with Crippen LogP contribution in [0.25, 0.3) is 0 Å². The van der Waals surface area contributed by atoms with Crippen LogP contribution in [0.5, 0.6) is 0 Å². The second kappa shape index (κ2) is 14.0. The molecule has 1 N–H and O–H groups in total. The molecule has 2 atom stereocenters. The standard InChI is InChI=1S/C29H32Cl2FN3O4S/c1-4-20(2)33-29(37)27(17-21-10-6-5-7-11-21)34(18-22-14-15-23(30)24(31)16-22)28(36)19-35(40(3,38)39)26-13-9-8-12-25(26)32/h5-16,20,27H,4,17-19H2,1-3H3,(H,33,37). The highest BCUT2D eigenvalue weighted by molar-refractivity contribution is 7.92. The summed E-state index contributed by atoms with van der Waals surface area (Å²) in [6.07, 6.45) is 1.72. The molecular formula is C29H32Cl2FN3O4S. The first-order valence-corrected chi connectivity index (χ1v) is 15.3. The lowest BCUT2D eigenvalue weighted by molar-refractivity contribution is -0.140. The Labute approximate surface area is 244 Å². The van der Waals surface area contributed by atoms with Crippen molar-refractivity contribution in [3.05, 3.63) is 99.8 Å². The van der Waals surface area contributed by atoms with Gasteiger partial charge in [0.15, 0.2) is 0 Å². The van der Waals surface area contributed by atoms with Crippen molar-refractivity contribution < 1.29 is 22.4 Å². The maximum atomic E-state index is 14.7. The van der Waals surface area contributed by atoms with E-state index in [9.17, 15) is 22.4 Å². The summed E-state index contributed by atoms with van der Waals surface area (Å²) < 4.78 is 40.9. The summed E-state index contributed by atoms with van der Waals surface area (Å²) in [5, 5.41) is 3.53. The van der Waals surface area contributed by atoms with E-state index in [0.29, 0.717) is 21.3 Å². The number of nitrogens with zero attached hydrogens (tertiary/aromatic N) is 2. The molecule has 11 heteroatoms. The van der Waals surface area contributed by atoms with Crippen molar-refractivity contribution in [3.8, 4) is 0 Å². The number of amides is 2. The Morgan fingerprint density at radius 2 is 1.60 bits per heavy atom. The Hall–Kier alpha value is -3.14. The molecule has 7 nitrogen and oxygen atoms in total. The van der Waals surface area contributed by atoms with Crippen molar-refractivity contribution in [3.63, 3.8) is 0 Å². The van der Waals surface area contributed by atoms with Crippen LogP contribution in [-0.2, 0) is 32.6 Å². The summed E-state index contributed by atoms with van der Waals surface area (Å²) in [5.74, 6) is -1.89. The number of hydrogen-bond acceptors (Lipinski definition) is 4. The number of benzene rings is 3. The number of rotatable bonds is 12. The summed E-state index contributed by atoms with van der Waals surface area (Å²) in [6.45, 7) is 2.99. The van der Waals surface area contributed by atoms with Crippen molar-refractivity contribution in [2.45, 2.75) is 45.3 Å². The third-order valence-corrected chi connectivity index (χ3v) is 8.27. The highest BCUT2D eigenvalue weighted by Crippen LogP contribution is 2.26. The molecule has 0 aliphatic rings. The van der Waals surface area contributed by atoms with E-state index in [0.717, 1.165) is 17.9 Å². The van der Waals surface area contributed by atoms with Crippen LogP contribution in [0.4, 0.5) is 10.1 Å². The van der Waals surface area contributed by atoms with E-state index in [4.69, 9.17) is 23.2 Å². The number of anilines is 1. The SMILES string of the molecule is CCC(C)NC(=O)C(Cc1ccccc1)N(Cc1ccc(Cl)c(Cl)c1)C(=O)CN(c1ccccc1F)S(C)(=O)=O. The van der Waals surface area contributed by atoms with Crippen LogP contribution in [-0.4, -0.2) is 50.0 Å². The lowest BCUT2D eigenvalue weighted by Crippen LogP contribution is -2.54. The molecule has 0 spiro atoms. The molecule has 0 aliphatic heterocycles. The highest BCUT2D eigenvalue weighted by atomic mass is 35.5. The molecule has 0 saturated heterocycles. The fraction of sp³-hybridized carbons (Fsp3) is 0.310. The van der Waals surface area contributed by atoms with Gasteiger partial charge >= 0.3 is 0 Å². The molecule has 0 radical (unpaired) electrons. The molecular weight excluding hydrogens is 576 g/mol. The first-order valence-electron chi connectivity index (χ1n) is 12.7. The van der Waals surface area contributed by atoms with Gasteiger partial charge in [-0.05, 0) is 48.7 Å². The van der Waals surface area contributed by atoms with Crippen LogP contribution in [0.3, 0.4) is 0 Å². The fourth-order valence-corrected chi connectivity index (χ4v) is 5.25. The minimum absolute atomic E-state index is 0.0734. The monoisotopic (exact) mass is 607 g/mol. The van der Waals surface area contributed by atoms with E-state index in [1.165, 1.54) is 23.1 Å². The average Bonchev–Trinajstić information content (AvgIpc) is 2.91. The predicted octanol–water partition coefficient (Wildman–Crippen LogP) is 5.45. The van der Waals surface area contributed by atoms with Gasteiger partial charge in [-0.1, -0.05) is 78.7 Å². The lowest BCUT2D eigenvalue weighted by Gasteiger charge is -2.34. The van der Waals surface area contributed by atoms with Crippen molar-refractivity contribution in [2.75, 3.05) is 17.1 Å². The van der Waals surface area contributed by atoms with Gasteiger partial charge in [-0.3, -0.25) is 13.9 Å². The molecule has 2 amide bonds. The van der Waals surface area contributed by atoms with Gasteiger partial charge < -0.3 is 10.2 Å². The Kier molecular flexibility index (Phi) is 11.0. The summed E-state index contributed by atoms with van der Waals surface area (Å²) in [7, 11) is -4.08. The Bertz CT molecular complexity index is 1440. The predicted molar refractivity (Wildman–Crippen MR) is 157 cm³/mol. The van der Waals surface area contributed by atoms with Gasteiger partial charge in [0.05, 0.1) is 22.0 Å². The minimum Gasteiger partial charge on any atom is -0.352 e. The number of hydrogen-bond donors (Lipinski definition) is 1. The maximum absolute atomic E-state index is 14.7. The van der Waals surface area contributed by atoms with Gasteiger partial charge in [-0.15, -0.1) is 0 Å². The number of carbonyl (C=O) groups is 2. The van der Waals surface area contributed by atoms with Crippen LogP contribution >= 0.6 is 23.2 Å². The molecule has 0 heterocycles. The third kappa shape index (κ3) is 8.43. The number of para-hydroxylation sites is 1. The second-order valence-electron chi connectivity index (χ2n) is 9.51. The van der Waals surface area contributed by atoms with Gasteiger partial charge in [0, 0.05) is 19.0 Å². The topological polar surface area (TPSA) is 86.8 Å². The Morgan fingerprint density at radius 3 is 2.20 bits per heavy atom. The van der Waals surface area contributed by atoms with Gasteiger partial charge in [0.25, 0.3) is 0 Å². The van der Waals surface area contributed by atoms with Gasteiger partial charge in [-0.25, -0.2) is 12.8 Å². The van der Waals surface area contributed by atoms with Crippen LogP contribution in [0.1, 0.15) is 31.4 Å². The summed E-state index contributed by atoms with van der Waals surface area (Å²) >= 11 is 12.3. The summed E-state index contributed by atoms with van der Waals surface area (Å²) in [4.78, 5) is 28.9. The molecule has 40 heavy (non-hydrogen) atoms. The summed E-state index contributed by atoms with van der Waals surface area (Å²) in [6, 6.07) is 18.1. The Morgan fingerprint density at radius 1 is 0.950 bits per heavy atom. The zero-order valence-corrected chi connectivity index (χ0v) is 24.8. The van der Waals surface area contributed by atoms with Crippen LogP contribution < -0.4 is 9.62 Å². The van der Waals surface area contributed by atoms with Crippen molar-refractivity contribution in [1.29, 1.82) is 0 Å². The Balaban J connectivity index is 2.09. The van der Waals surface area contributed by atoms with Gasteiger partial charge in [0.2, 0.25) is 21.8 Å². The molecule has 0 fully saturated rings. The quantitative estimate of drug-likeness (QED) is 0.296. The maximum Gasteiger partial charge on any atom is 0.244 e. The van der Waals surface area contributed by atoms with E-state index >= 15 is 0 Å². The van der Waals surface area contributed by atoms with Crippen LogP contribution in [0, 0.1) is 5.82 Å². The van der Waals surface area contributed by atoms with Crippen LogP contribution in [0.2, 0.25) is 10.0 Å². The second-order valence-corrected chi connectivity index (χ2v) is 12.2. The molecule has 2 unspecified atom stereocenters. The molecule has 3 aromatic carbocycles. The molecule has 214 valence electrons. The normalized spacial score (nSPS) is 12.8.